The molecule has 0 aromatic heterocycles. The molecule has 0 atom stereocenters. The number of halogens is 2. The molecular formula is C16H24F2N2O. The largest absolute Gasteiger partial charge is 0.338 e. The lowest BCUT2D eigenvalue weighted by Gasteiger charge is -2.35. The minimum Gasteiger partial charge on any atom is -0.338 e. The molecule has 0 spiro atoms. The molecule has 1 aromatic rings. The van der Waals surface area contributed by atoms with E-state index < -0.39 is 17.0 Å². The van der Waals surface area contributed by atoms with Crippen LogP contribution in [0.25, 0.3) is 0 Å². The zero-order valence-corrected chi connectivity index (χ0v) is 13.0. The highest BCUT2D eigenvalue weighted by molar-refractivity contribution is 5.83. The number of amides is 1. The number of rotatable bonds is 7. The van der Waals surface area contributed by atoms with Crippen LogP contribution in [-0.4, -0.2) is 23.9 Å². The zero-order chi connectivity index (χ0) is 16.0. The standard InChI is InChI=1S/C16H24F2N2O/c1-4-16(5-2,11-19)15(21)20(6-3)10-12-13(17)8-7-9-14(12)18/h7-9H,4-6,10-11,19H2,1-3H3. The minimum absolute atomic E-state index is 0.0738. The van der Waals surface area contributed by atoms with E-state index in [-0.39, 0.29) is 24.6 Å². The fourth-order valence-corrected chi connectivity index (χ4v) is 2.47. The second-order valence-electron chi connectivity index (χ2n) is 5.21. The van der Waals surface area contributed by atoms with Gasteiger partial charge in [-0.1, -0.05) is 19.9 Å². The van der Waals surface area contributed by atoms with Crippen LogP contribution in [0.5, 0.6) is 0 Å². The number of nitrogens with zero attached hydrogens (tertiary/aromatic N) is 1. The van der Waals surface area contributed by atoms with Crippen LogP contribution in [0.3, 0.4) is 0 Å². The molecule has 0 heterocycles. The molecule has 1 amide bonds. The van der Waals surface area contributed by atoms with Gasteiger partial charge in [-0.3, -0.25) is 4.79 Å². The number of nitrogens with two attached hydrogens (primary N) is 1. The smallest absolute Gasteiger partial charge is 0.230 e. The lowest BCUT2D eigenvalue weighted by Crippen LogP contribution is -2.47. The Hall–Kier alpha value is -1.49. The number of hydrogen-bond acceptors (Lipinski definition) is 2. The summed E-state index contributed by atoms with van der Waals surface area (Å²) in [6.45, 7) is 6.15. The molecule has 0 saturated heterocycles. The van der Waals surface area contributed by atoms with Gasteiger partial charge in [0.1, 0.15) is 11.6 Å². The molecule has 0 aliphatic heterocycles. The Kier molecular flexibility index (Phi) is 6.27. The number of benzene rings is 1. The Bertz CT molecular complexity index is 459. The molecule has 0 aliphatic rings. The molecule has 3 nitrogen and oxygen atoms in total. The number of hydrogen-bond donors (Lipinski definition) is 1. The Morgan fingerprint density at radius 2 is 1.71 bits per heavy atom. The zero-order valence-electron chi connectivity index (χ0n) is 13.0. The first-order chi connectivity index (χ1) is 9.95. The van der Waals surface area contributed by atoms with Crippen molar-refractivity contribution in [2.75, 3.05) is 13.1 Å². The minimum atomic E-state index is -0.655. The molecule has 0 saturated carbocycles. The summed E-state index contributed by atoms with van der Waals surface area (Å²) in [5.41, 5.74) is 5.05. The van der Waals surface area contributed by atoms with Gasteiger partial charge in [-0.15, -0.1) is 0 Å². The summed E-state index contributed by atoms with van der Waals surface area (Å²) in [4.78, 5) is 14.2. The van der Waals surface area contributed by atoms with Crippen LogP contribution >= 0.6 is 0 Å². The first kappa shape index (κ1) is 17.6. The van der Waals surface area contributed by atoms with Crippen molar-refractivity contribution in [1.29, 1.82) is 0 Å². The molecule has 0 radical (unpaired) electrons. The summed E-state index contributed by atoms with van der Waals surface area (Å²) in [5.74, 6) is -1.40. The van der Waals surface area contributed by atoms with Gasteiger partial charge in [0.05, 0.1) is 12.0 Å². The summed E-state index contributed by atoms with van der Waals surface area (Å²) in [6, 6.07) is 3.72. The van der Waals surface area contributed by atoms with Crippen molar-refractivity contribution < 1.29 is 13.6 Å². The molecule has 5 heteroatoms. The van der Waals surface area contributed by atoms with E-state index in [0.717, 1.165) is 0 Å². The second kappa shape index (κ2) is 7.50. The summed E-state index contributed by atoms with van der Waals surface area (Å²) in [7, 11) is 0. The van der Waals surface area contributed by atoms with E-state index in [0.29, 0.717) is 19.4 Å². The van der Waals surface area contributed by atoms with Gasteiger partial charge in [-0.2, -0.15) is 0 Å². The van der Waals surface area contributed by atoms with Gasteiger partial charge in [0.15, 0.2) is 0 Å². The van der Waals surface area contributed by atoms with Gasteiger partial charge in [0.2, 0.25) is 5.91 Å². The first-order valence-corrected chi connectivity index (χ1v) is 7.38. The van der Waals surface area contributed by atoms with Gasteiger partial charge in [-0.05, 0) is 31.9 Å². The van der Waals surface area contributed by atoms with E-state index in [2.05, 4.69) is 0 Å². The Labute approximate surface area is 125 Å². The summed E-state index contributed by atoms with van der Waals surface area (Å²) in [5, 5.41) is 0. The van der Waals surface area contributed by atoms with Crippen LogP contribution < -0.4 is 5.73 Å². The molecule has 0 fully saturated rings. The molecule has 21 heavy (non-hydrogen) atoms. The molecule has 2 N–H and O–H groups in total. The third-order valence-electron chi connectivity index (χ3n) is 4.28. The summed E-state index contributed by atoms with van der Waals surface area (Å²) >= 11 is 0. The number of carbonyl (C=O) groups excluding carboxylic acids is 1. The van der Waals surface area contributed by atoms with Crippen LogP contribution in [-0.2, 0) is 11.3 Å². The highest BCUT2D eigenvalue weighted by atomic mass is 19.1. The first-order valence-electron chi connectivity index (χ1n) is 7.38. The summed E-state index contributed by atoms with van der Waals surface area (Å²) in [6.07, 6.45) is 1.21. The third-order valence-corrected chi connectivity index (χ3v) is 4.28. The van der Waals surface area contributed by atoms with Gasteiger partial charge < -0.3 is 10.6 Å². The lowest BCUT2D eigenvalue weighted by atomic mass is 9.81. The summed E-state index contributed by atoms with van der Waals surface area (Å²) < 4.78 is 27.5. The van der Waals surface area contributed by atoms with Crippen LogP contribution in [0.2, 0.25) is 0 Å². The Morgan fingerprint density at radius 3 is 2.10 bits per heavy atom. The Morgan fingerprint density at radius 1 is 1.19 bits per heavy atom. The van der Waals surface area contributed by atoms with Crippen LogP contribution in [0, 0.1) is 17.0 Å². The highest BCUT2D eigenvalue weighted by Crippen LogP contribution is 2.29. The molecule has 1 rings (SSSR count). The topological polar surface area (TPSA) is 46.3 Å². The SMILES string of the molecule is CCN(Cc1c(F)cccc1F)C(=O)C(CC)(CC)CN. The highest BCUT2D eigenvalue weighted by Gasteiger charge is 2.36. The van der Waals surface area contributed by atoms with Gasteiger partial charge in [-0.25, -0.2) is 8.78 Å². The monoisotopic (exact) mass is 298 g/mol. The van der Waals surface area contributed by atoms with E-state index in [4.69, 9.17) is 5.73 Å². The van der Waals surface area contributed by atoms with Crippen LogP contribution in [0.15, 0.2) is 18.2 Å². The van der Waals surface area contributed by atoms with Crippen molar-refractivity contribution in [1.82, 2.24) is 4.90 Å². The van der Waals surface area contributed by atoms with Gasteiger partial charge in [0.25, 0.3) is 0 Å². The molecular weight excluding hydrogens is 274 g/mol. The molecule has 0 aliphatic carbocycles. The normalized spacial score (nSPS) is 11.5. The van der Waals surface area contributed by atoms with Crippen LogP contribution in [0.1, 0.15) is 39.2 Å². The molecule has 1 aromatic carbocycles. The van der Waals surface area contributed by atoms with Crippen molar-refractivity contribution >= 4 is 5.91 Å². The van der Waals surface area contributed by atoms with Crippen molar-refractivity contribution in [3.05, 3.63) is 35.4 Å². The van der Waals surface area contributed by atoms with Crippen molar-refractivity contribution in [2.24, 2.45) is 11.1 Å². The maximum atomic E-state index is 13.8. The van der Waals surface area contributed by atoms with E-state index >= 15 is 0 Å². The fourth-order valence-electron chi connectivity index (χ4n) is 2.47. The van der Waals surface area contributed by atoms with E-state index in [1.807, 2.05) is 13.8 Å². The number of carbonyl (C=O) groups is 1. The maximum Gasteiger partial charge on any atom is 0.230 e. The second-order valence-corrected chi connectivity index (χ2v) is 5.21. The van der Waals surface area contributed by atoms with E-state index in [9.17, 15) is 13.6 Å². The average Bonchev–Trinajstić information content (AvgIpc) is 2.49. The molecule has 0 unspecified atom stereocenters. The van der Waals surface area contributed by atoms with Crippen molar-refractivity contribution in [2.45, 2.75) is 40.2 Å². The van der Waals surface area contributed by atoms with Gasteiger partial charge >= 0.3 is 0 Å². The van der Waals surface area contributed by atoms with Crippen molar-refractivity contribution in [3.63, 3.8) is 0 Å². The van der Waals surface area contributed by atoms with Crippen LogP contribution in [0.4, 0.5) is 8.78 Å². The molecule has 118 valence electrons. The average molecular weight is 298 g/mol. The lowest BCUT2D eigenvalue weighted by molar-refractivity contribution is -0.142. The van der Waals surface area contributed by atoms with E-state index in [1.54, 1.807) is 6.92 Å². The van der Waals surface area contributed by atoms with Gasteiger partial charge in [0, 0.05) is 18.7 Å². The predicted octanol–water partition coefficient (Wildman–Crippen LogP) is 3.08. The Balaban J connectivity index is 3.06. The fraction of sp³-hybridized carbons (Fsp3) is 0.562. The predicted molar refractivity (Wildman–Crippen MR) is 79.5 cm³/mol. The van der Waals surface area contributed by atoms with Crippen molar-refractivity contribution in [3.8, 4) is 0 Å². The maximum absolute atomic E-state index is 13.8. The third kappa shape index (κ3) is 3.59. The van der Waals surface area contributed by atoms with E-state index in [1.165, 1.54) is 23.1 Å². The quantitative estimate of drug-likeness (QED) is 0.841. The molecule has 0 bridgehead atoms.